The third kappa shape index (κ3) is 7.27. The summed E-state index contributed by atoms with van der Waals surface area (Å²) in [6.07, 6.45) is 4.75. The molecule has 0 unspecified atom stereocenters. The summed E-state index contributed by atoms with van der Waals surface area (Å²) in [5.74, 6) is 0.0999. The Morgan fingerprint density at radius 2 is 2.14 bits per heavy atom. The molecular formula is C24H28FN5O4S. The minimum absolute atomic E-state index is 0.147. The number of anilines is 1. The fraction of sp³-hybridized carbons (Fsp3) is 0.333. The number of aromatic nitrogens is 2. The summed E-state index contributed by atoms with van der Waals surface area (Å²) >= 11 is 1.32. The number of carbonyl (C=O) groups is 1. The lowest BCUT2D eigenvalue weighted by molar-refractivity contribution is 0.102. The first-order chi connectivity index (χ1) is 16.7. The molecule has 0 bridgehead atoms. The SMILES string of the molecule is CN=C(N)S[C@@](C)(COC)Cc1cc(NC(=O)c2ncc(OCc3ncco3)cc2C)ccc1F. The van der Waals surface area contributed by atoms with Gasteiger partial charge in [-0.3, -0.25) is 9.79 Å². The Labute approximate surface area is 207 Å². The number of carbonyl (C=O) groups excluding carboxylic acids is 1. The lowest BCUT2D eigenvalue weighted by atomic mass is 10.00. The molecule has 35 heavy (non-hydrogen) atoms. The summed E-state index contributed by atoms with van der Waals surface area (Å²) in [6.45, 7) is 4.15. The number of halogens is 1. The Balaban J connectivity index is 1.72. The zero-order valence-electron chi connectivity index (χ0n) is 20.0. The van der Waals surface area contributed by atoms with E-state index in [0.717, 1.165) is 0 Å². The summed E-state index contributed by atoms with van der Waals surface area (Å²) in [7, 11) is 3.17. The van der Waals surface area contributed by atoms with Crippen LogP contribution in [0.2, 0.25) is 0 Å². The summed E-state index contributed by atoms with van der Waals surface area (Å²) < 4.78 is 30.1. The second-order valence-corrected chi connectivity index (χ2v) is 9.64. The maximum Gasteiger partial charge on any atom is 0.274 e. The number of ether oxygens (including phenoxy) is 2. The van der Waals surface area contributed by atoms with E-state index in [4.69, 9.17) is 19.6 Å². The average molecular weight is 502 g/mol. The van der Waals surface area contributed by atoms with Gasteiger partial charge in [0.15, 0.2) is 11.8 Å². The number of amides is 1. The van der Waals surface area contributed by atoms with Crippen LogP contribution in [0.5, 0.6) is 5.75 Å². The predicted molar refractivity (Wildman–Crippen MR) is 133 cm³/mol. The van der Waals surface area contributed by atoms with Gasteiger partial charge in [-0.2, -0.15) is 0 Å². The minimum atomic E-state index is -0.555. The Morgan fingerprint density at radius 3 is 2.80 bits per heavy atom. The number of pyridine rings is 1. The molecule has 0 radical (unpaired) electrons. The first-order valence-corrected chi connectivity index (χ1v) is 11.5. The number of amidine groups is 1. The van der Waals surface area contributed by atoms with Crippen molar-refractivity contribution >= 4 is 28.5 Å². The number of aliphatic imine (C=N–C) groups is 1. The first-order valence-electron chi connectivity index (χ1n) is 10.7. The van der Waals surface area contributed by atoms with Crippen molar-refractivity contribution in [1.29, 1.82) is 0 Å². The van der Waals surface area contributed by atoms with Crippen LogP contribution in [0.15, 0.2) is 52.3 Å². The smallest absolute Gasteiger partial charge is 0.274 e. The van der Waals surface area contributed by atoms with Crippen molar-refractivity contribution in [3.63, 3.8) is 0 Å². The van der Waals surface area contributed by atoms with E-state index in [1.807, 2.05) is 6.92 Å². The molecule has 3 rings (SSSR count). The maximum absolute atomic E-state index is 14.6. The molecule has 0 saturated heterocycles. The molecular weight excluding hydrogens is 473 g/mol. The highest BCUT2D eigenvalue weighted by atomic mass is 32.2. The second-order valence-electron chi connectivity index (χ2n) is 8.03. The van der Waals surface area contributed by atoms with Gasteiger partial charge in [0.05, 0.1) is 19.0 Å². The Bertz CT molecular complexity index is 1190. The highest BCUT2D eigenvalue weighted by molar-refractivity contribution is 8.15. The highest BCUT2D eigenvalue weighted by Crippen LogP contribution is 2.31. The maximum atomic E-state index is 14.6. The molecule has 0 aliphatic rings. The van der Waals surface area contributed by atoms with Crippen LogP contribution in [0.3, 0.4) is 0 Å². The van der Waals surface area contributed by atoms with Crippen LogP contribution in [0, 0.1) is 12.7 Å². The molecule has 186 valence electrons. The molecule has 9 nitrogen and oxygen atoms in total. The number of rotatable bonds is 10. The third-order valence-corrected chi connectivity index (χ3v) is 6.15. The molecule has 1 atom stereocenters. The van der Waals surface area contributed by atoms with Crippen LogP contribution in [0.1, 0.15) is 34.4 Å². The zero-order chi connectivity index (χ0) is 25.4. The van der Waals surface area contributed by atoms with Crippen molar-refractivity contribution < 1.29 is 23.1 Å². The van der Waals surface area contributed by atoms with Crippen LogP contribution in [-0.2, 0) is 17.8 Å². The van der Waals surface area contributed by atoms with E-state index in [1.165, 1.54) is 42.6 Å². The van der Waals surface area contributed by atoms with Gasteiger partial charge in [0, 0.05) is 24.6 Å². The van der Waals surface area contributed by atoms with Gasteiger partial charge in [0.2, 0.25) is 5.89 Å². The molecule has 3 N–H and O–H groups in total. The lowest BCUT2D eigenvalue weighted by Crippen LogP contribution is -2.33. The number of hydrogen-bond donors (Lipinski definition) is 2. The van der Waals surface area contributed by atoms with Crippen molar-refractivity contribution in [2.45, 2.75) is 31.6 Å². The molecule has 0 spiro atoms. The van der Waals surface area contributed by atoms with Crippen molar-refractivity contribution in [3.05, 3.63) is 71.5 Å². The van der Waals surface area contributed by atoms with E-state index < -0.39 is 10.7 Å². The standard InChI is InChI=1S/C24H28FN5O4S/c1-15-9-18(34-13-20-28-7-8-33-20)12-29-21(15)22(31)30-17-5-6-19(25)16(10-17)11-24(2,14-32-4)35-23(26)27-3/h5-10,12H,11,13-14H2,1-4H3,(H2,26,27)(H,30,31)/t24-/m1/s1. The summed E-state index contributed by atoms with van der Waals surface area (Å²) in [5, 5.41) is 3.17. The van der Waals surface area contributed by atoms with Crippen LogP contribution >= 0.6 is 11.8 Å². The summed E-state index contributed by atoms with van der Waals surface area (Å²) in [4.78, 5) is 25.1. The number of benzene rings is 1. The summed E-state index contributed by atoms with van der Waals surface area (Å²) in [5.41, 5.74) is 7.60. The Hall–Kier alpha value is -3.44. The van der Waals surface area contributed by atoms with Gasteiger partial charge in [0.1, 0.15) is 23.5 Å². The van der Waals surface area contributed by atoms with Gasteiger partial charge in [-0.15, -0.1) is 0 Å². The van der Waals surface area contributed by atoms with Gasteiger partial charge < -0.3 is 24.9 Å². The van der Waals surface area contributed by atoms with Gasteiger partial charge in [0.25, 0.3) is 5.91 Å². The van der Waals surface area contributed by atoms with Crippen molar-refractivity contribution in [3.8, 4) is 5.75 Å². The van der Waals surface area contributed by atoms with Crippen LogP contribution in [0.4, 0.5) is 10.1 Å². The molecule has 0 fully saturated rings. The molecule has 11 heteroatoms. The molecule has 2 heterocycles. The van der Waals surface area contributed by atoms with E-state index in [2.05, 4.69) is 20.3 Å². The van der Waals surface area contributed by atoms with Crippen molar-refractivity contribution in [2.24, 2.45) is 10.7 Å². The molecule has 0 aliphatic heterocycles. The predicted octanol–water partition coefficient (Wildman–Crippen LogP) is 3.97. The number of nitrogens with two attached hydrogens (primary N) is 1. The average Bonchev–Trinajstić information content (AvgIpc) is 3.33. The molecule has 2 aromatic heterocycles. The highest BCUT2D eigenvalue weighted by Gasteiger charge is 2.29. The molecule has 0 aliphatic carbocycles. The fourth-order valence-electron chi connectivity index (χ4n) is 3.44. The van der Waals surface area contributed by atoms with E-state index in [1.54, 1.807) is 33.2 Å². The Kier molecular flexibility index (Phi) is 8.83. The van der Waals surface area contributed by atoms with Crippen LogP contribution in [-0.4, -0.2) is 46.6 Å². The van der Waals surface area contributed by atoms with Gasteiger partial charge in [-0.05, 0) is 55.7 Å². The number of nitrogens with zero attached hydrogens (tertiary/aromatic N) is 3. The molecule has 3 aromatic rings. The molecule has 1 aromatic carbocycles. The number of thioether (sulfide) groups is 1. The molecule has 0 saturated carbocycles. The number of hydrogen-bond acceptors (Lipinski definition) is 8. The quantitative estimate of drug-likeness (QED) is 0.316. The van der Waals surface area contributed by atoms with E-state index >= 15 is 0 Å². The first kappa shape index (κ1) is 26.2. The van der Waals surface area contributed by atoms with Crippen LogP contribution < -0.4 is 15.8 Å². The van der Waals surface area contributed by atoms with Gasteiger partial charge >= 0.3 is 0 Å². The fourth-order valence-corrected chi connectivity index (χ4v) is 4.44. The topological polar surface area (TPSA) is 125 Å². The lowest BCUT2D eigenvalue weighted by Gasteiger charge is -2.28. The molecule has 1 amide bonds. The van der Waals surface area contributed by atoms with Gasteiger partial charge in [-0.1, -0.05) is 11.8 Å². The zero-order valence-corrected chi connectivity index (χ0v) is 20.8. The second kappa shape index (κ2) is 11.8. The monoisotopic (exact) mass is 501 g/mol. The largest absolute Gasteiger partial charge is 0.482 e. The number of nitrogens with one attached hydrogen (secondary N) is 1. The van der Waals surface area contributed by atoms with E-state index in [0.29, 0.717) is 46.6 Å². The van der Waals surface area contributed by atoms with Crippen molar-refractivity contribution in [2.75, 3.05) is 26.1 Å². The Morgan fingerprint density at radius 1 is 1.34 bits per heavy atom. The van der Waals surface area contributed by atoms with Gasteiger partial charge in [-0.25, -0.2) is 14.4 Å². The summed E-state index contributed by atoms with van der Waals surface area (Å²) in [6, 6.07) is 6.13. The van der Waals surface area contributed by atoms with Crippen molar-refractivity contribution in [1.82, 2.24) is 9.97 Å². The normalized spacial score (nSPS) is 13.3. The number of aryl methyl sites for hydroxylation is 1. The van der Waals surface area contributed by atoms with Crippen LogP contribution in [0.25, 0.3) is 0 Å². The minimum Gasteiger partial charge on any atom is -0.482 e. The van der Waals surface area contributed by atoms with E-state index in [9.17, 15) is 9.18 Å². The van der Waals surface area contributed by atoms with E-state index in [-0.39, 0.29) is 18.1 Å². The number of oxazole rings is 1. The number of methoxy groups -OCH3 is 1. The third-order valence-electron chi connectivity index (χ3n) is 5.00.